The van der Waals surface area contributed by atoms with E-state index in [1.807, 2.05) is 0 Å². The Morgan fingerprint density at radius 2 is 0.743 bits per heavy atom. The van der Waals surface area contributed by atoms with Crippen LogP contribution in [0, 0.1) is 0 Å². The summed E-state index contributed by atoms with van der Waals surface area (Å²) >= 11 is 0. The summed E-state index contributed by atoms with van der Waals surface area (Å²) in [5, 5.41) is 0. The molecule has 0 aromatic carbocycles. The Bertz CT molecular complexity index is 409. The van der Waals surface area contributed by atoms with E-state index in [-0.39, 0.29) is 5.97 Å². The minimum atomic E-state index is -0.140. The molecule has 0 fully saturated rings. The molecule has 0 unspecified atom stereocenters. The van der Waals surface area contributed by atoms with E-state index in [1.54, 1.807) is 0 Å². The van der Waals surface area contributed by atoms with Gasteiger partial charge < -0.3 is 33.2 Å². The minimum Gasteiger partial charge on any atom is -0.463 e. The average molecular weight is 507 g/mol. The molecule has 0 aromatic heterocycles. The highest BCUT2D eigenvalue weighted by Crippen LogP contribution is 2.05. The van der Waals surface area contributed by atoms with Gasteiger partial charge in [-0.2, -0.15) is 0 Å². The smallest absolute Gasteiger partial charge is 0.305 e. The fraction of sp³-hybridized carbons (Fsp3) is 0.963. The van der Waals surface area contributed by atoms with Crippen LogP contribution in [0.2, 0.25) is 0 Å². The van der Waals surface area contributed by atoms with Crippen LogP contribution in [0.15, 0.2) is 0 Å². The second-order valence-electron chi connectivity index (χ2n) is 8.47. The number of unbranched alkanes of at least 4 members (excludes halogenated alkanes) is 8. The van der Waals surface area contributed by atoms with E-state index < -0.39 is 0 Å². The fourth-order valence-electron chi connectivity index (χ4n) is 3.17. The van der Waals surface area contributed by atoms with Crippen molar-refractivity contribution < 1.29 is 38.0 Å². The van der Waals surface area contributed by atoms with Gasteiger partial charge in [-0.25, -0.2) is 0 Å². The molecule has 8 heteroatoms. The van der Waals surface area contributed by atoms with Crippen molar-refractivity contribution in [1.29, 1.82) is 0 Å². The fourth-order valence-corrected chi connectivity index (χ4v) is 3.17. The number of carbonyl (C=O) groups is 1. The first kappa shape index (κ1) is 34.2. The maximum atomic E-state index is 11.5. The van der Waals surface area contributed by atoms with Crippen LogP contribution in [-0.4, -0.2) is 91.9 Å². The molecule has 0 amide bonds. The Morgan fingerprint density at radius 1 is 0.400 bits per heavy atom. The maximum Gasteiger partial charge on any atom is 0.305 e. The van der Waals surface area contributed by atoms with Gasteiger partial charge in [0.2, 0.25) is 0 Å². The van der Waals surface area contributed by atoms with E-state index >= 15 is 0 Å². The Kier molecular flexibility index (Phi) is 30.6. The van der Waals surface area contributed by atoms with Crippen LogP contribution in [0.3, 0.4) is 0 Å². The molecule has 0 N–H and O–H groups in total. The molecule has 0 saturated carbocycles. The summed E-state index contributed by atoms with van der Waals surface area (Å²) < 4.78 is 37.9. The molecule has 0 heterocycles. The zero-order valence-corrected chi connectivity index (χ0v) is 22.7. The van der Waals surface area contributed by atoms with Crippen molar-refractivity contribution in [3.05, 3.63) is 0 Å². The first-order chi connectivity index (χ1) is 17.3. The van der Waals surface area contributed by atoms with Gasteiger partial charge in [0, 0.05) is 13.0 Å². The molecule has 210 valence electrons. The van der Waals surface area contributed by atoms with Gasteiger partial charge in [-0.1, -0.05) is 65.2 Å². The van der Waals surface area contributed by atoms with Crippen molar-refractivity contribution in [1.82, 2.24) is 0 Å². The van der Waals surface area contributed by atoms with E-state index in [1.165, 1.54) is 38.5 Å². The van der Waals surface area contributed by atoms with Gasteiger partial charge in [-0.05, 0) is 12.8 Å². The van der Waals surface area contributed by atoms with Crippen LogP contribution >= 0.6 is 0 Å². The normalized spacial score (nSPS) is 11.3. The number of carbonyl (C=O) groups excluding carboxylic acids is 1. The molecule has 0 aliphatic carbocycles. The predicted molar refractivity (Wildman–Crippen MR) is 138 cm³/mol. The SMILES string of the molecule is CCCCCCCCOCCOCCOCCOCCOCCOCCOC(=O)CCCCCC. The summed E-state index contributed by atoms with van der Waals surface area (Å²) in [4.78, 5) is 11.5. The van der Waals surface area contributed by atoms with E-state index in [2.05, 4.69) is 13.8 Å². The quantitative estimate of drug-likeness (QED) is 0.0999. The third-order valence-corrected chi connectivity index (χ3v) is 5.23. The van der Waals surface area contributed by atoms with Crippen molar-refractivity contribution in [2.45, 2.75) is 84.5 Å². The van der Waals surface area contributed by atoms with Crippen molar-refractivity contribution >= 4 is 5.97 Å². The van der Waals surface area contributed by atoms with Crippen LogP contribution in [-0.2, 0) is 38.0 Å². The van der Waals surface area contributed by atoms with Gasteiger partial charge in [-0.15, -0.1) is 0 Å². The largest absolute Gasteiger partial charge is 0.463 e. The molecule has 0 saturated heterocycles. The van der Waals surface area contributed by atoms with Gasteiger partial charge in [0.15, 0.2) is 0 Å². The van der Waals surface area contributed by atoms with E-state index in [4.69, 9.17) is 33.2 Å². The molecule has 0 aromatic rings. The lowest BCUT2D eigenvalue weighted by molar-refractivity contribution is -0.145. The molecule has 0 atom stereocenters. The number of rotatable bonds is 30. The highest BCUT2D eigenvalue weighted by atomic mass is 16.6. The summed E-state index contributed by atoms with van der Waals surface area (Å²) in [6.07, 6.45) is 12.5. The molecule has 0 rings (SSSR count). The predicted octanol–water partition coefficient (Wildman–Crippen LogP) is 4.96. The van der Waals surface area contributed by atoms with Gasteiger partial charge >= 0.3 is 5.97 Å². The van der Waals surface area contributed by atoms with Crippen LogP contribution in [0.1, 0.15) is 84.5 Å². The van der Waals surface area contributed by atoms with Crippen molar-refractivity contribution in [2.75, 3.05) is 85.9 Å². The van der Waals surface area contributed by atoms with Crippen molar-refractivity contribution in [2.24, 2.45) is 0 Å². The zero-order valence-electron chi connectivity index (χ0n) is 22.7. The second-order valence-corrected chi connectivity index (χ2v) is 8.47. The van der Waals surface area contributed by atoms with Gasteiger partial charge in [0.05, 0.1) is 72.7 Å². The molecule has 8 nitrogen and oxygen atoms in total. The monoisotopic (exact) mass is 506 g/mol. The highest BCUT2D eigenvalue weighted by molar-refractivity contribution is 5.69. The Balaban J connectivity index is 3.07. The lowest BCUT2D eigenvalue weighted by Gasteiger charge is -2.08. The lowest BCUT2D eigenvalue weighted by Crippen LogP contribution is -2.15. The molecule has 0 spiro atoms. The Labute approximate surface area is 214 Å². The zero-order chi connectivity index (χ0) is 25.5. The molecule has 0 bridgehead atoms. The maximum absolute atomic E-state index is 11.5. The number of ether oxygens (including phenoxy) is 7. The van der Waals surface area contributed by atoms with Crippen molar-refractivity contribution in [3.8, 4) is 0 Å². The number of hydrogen-bond donors (Lipinski definition) is 0. The van der Waals surface area contributed by atoms with Crippen molar-refractivity contribution in [3.63, 3.8) is 0 Å². The third kappa shape index (κ3) is 31.2. The number of hydrogen-bond acceptors (Lipinski definition) is 8. The van der Waals surface area contributed by atoms with E-state index in [9.17, 15) is 4.79 Å². The van der Waals surface area contributed by atoms with Crippen LogP contribution in [0.4, 0.5) is 0 Å². The summed E-state index contributed by atoms with van der Waals surface area (Å²) in [6, 6.07) is 0. The molecular formula is C27H54O8. The van der Waals surface area contributed by atoms with E-state index in [0.717, 1.165) is 32.3 Å². The lowest BCUT2D eigenvalue weighted by atomic mass is 10.1. The third-order valence-electron chi connectivity index (χ3n) is 5.23. The minimum absolute atomic E-state index is 0.140. The van der Waals surface area contributed by atoms with Crippen LogP contribution in [0.25, 0.3) is 0 Å². The molecule has 0 radical (unpaired) electrons. The van der Waals surface area contributed by atoms with Gasteiger partial charge in [-0.3, -0.25) is 4.79 Å². The standard InChI is InChI=1S/C27H54O8/c1-3-5-7-9-10-12-14-29-15-16-30-17-18-31-19-20-32-21-22-33-23-24-34-25-26-35-27(28)13-11-8-6-4-2/h3-26H2,1-2H3. The highest BCUT2D eigenvalue weighted by Gasteiger charge is 2.02. The first-order valence-corrected chi connectivity index (χ1v) is 13.9. The summed E-state index contributed by atoms with van der Waals surface area (Å²) in [5.74, 6) is -0.140. The summed E-state index contributed by atoms with van der Waals surface area (Å²) in [7, 11) is 0. The summed E-state index contributed by atoms with van der Waals surface area (Å²) in [6.45, 7) is 11.4. The molecule has 0 aliphatic rings. The van der Waals surface area contributed by atoms with Crippen LogP contribution in [0.5, 0.6) is 0 Å². The topological polar surface area (TPSA) is 81.7 Å². The molecular weight excluding hydrogens is 452 g/mol. The molecule has 0 aliphatic heterocycles. The Morgan fingerprint density at radius 3 is 1.20 bits per heavy atom. The van der Waals surface area contributed by atoms with Crippen LogP contribution < -0.4 is 0 Å². The summed E-state index contributed by atoms with van der Waals surface area (Å²) in [5.41, 5.74) is 0. The van der Waals surface area contributed by atoms with E-state index in [0.29, 0.717) is 85.7 Å². The van der Waals surface area contributed by atoms with Gasteiger partial charge in [0.1, 0.15) is 6.61 Å². The Hall–Kier alpha value is -0.770. The second kappa shape index (κ2) is 31.3. The van der Waals surface area contributed by atoms with Gasteiger partial charge in [0.25, 0.3) is 0 Å². The average Bonchev–Trinajstić information content (AvgIpc) is 2.86. The first-order valence-electron chi connectivity index (χ1n) is 13.9. The number of esters is 1. The molecule has 35 heavy (non-hydrogen) atoms.